The Hall–Kier alpha value is -2.80. The lowest BCUT2D eigenvalue weighted by Gasteiger charge is -2.10. The standard InChI is InChI=1S/C22H19N/c1-15-5-3-7-17(13-15)19-9-10-20(22-21(19)11-12-23-22)18-8-4-6-16(2)14-18/h3-14,23H,1-2H3. The molecule has 0 radical (unpaired) electrons. The number of aryl methyl sites for hydroxylation is 2. The molecule has 0 saturated carbocycles. The van der Waals surface area contributed by atoms with Crippen LogP contribution in [0.1, 0.15) is 11.1 Å². The summed E-state index contributed by atoms with van der Waals surface area (Å²) in [6.45, 7) is 4.27. The molecular formula is C22H19N. The first-order chi connectivity index (χ1) is 11.2. The molecule has 0 bridgehead atoms. The van der Waals surface area contributed by atoms with E-state index in [0.29, 0.717) is 0 Å². The zero-order chi connectivity index (χ0) is 15.8. The van der Waals surface area contributed by atoms with Crippen molar-refractivity contribution in [1.29, 1.82) is 0 Å². The number of hydrogen-bond acceptors (Lipinski definition) is 0. The zero-order valence-electron chi connectivity index (χ0n) is 13.4. The molecule has 4 rings (SSSR count). The van der Waals surface area contributed by atoms with Crippen molar-refractivity contribution in [3.8, 4) is 22.3 Å². The van der Waals surface area contributed by atoms with Gasteiger partial charge in [0, 0.05) is 17.1 Å². The fourth-order valence-corrected chi connectivity index (χ4v) is 3.27. The highest BCUT2D eigenvalue weighted by molar-refractivity contribution is 6.03. The van der Waals surface area contributed by atoms with E-state index in [-0.39, 0.29) is 0 Å². The first kappa shape index (κ1) is 13.8. The highest BCUT2D eigenvalue weighted by Gasteiger charge is 2.10. The van der Waals surface area contributed by atoms with Crippen LogP contribution in [0.25, 0.3) is 33.2 Å². The molecule has 3 aromatic carbocycles. The maximum atomic E-state index is 3.43. The summed E-state index contributed by atoms with van der Waals surface area (Å²) in [6.07, 6.45) is 2.03. The Balaban J connectivity index is 1.95. The normalized spacial score (nSPS) is 11.0. The maximum Gasteiger partial charge on any atom is 0.0539 e. The van der Waals surface area contributed by atoms with Crippen LogP contribution in [0.15, 0.2) is 72.9 Å². The number of rotatable bonds is 2. The molecular weight excluding hydrogens is 278 g/mol. The second-order valence-corrected chi connectivity index (χ2v) is 6.17. The second-order valence-electron chi connectivity index (χ2n) is 6.17. The molecule has 0 amide bonds. The van der Waals surface area contributed by atoms with Crippen LogP contribution in [0.2, 0.25) is 0 Å². The lowest BCUT2D eigenvalue weighted by atomic mass is 9.95. The molecule has 0 aliphatic rings. The van der Waals surface area contributed by atoms with E-state index in [0.717, 1.165) is 0 Å². The van der Waals surface area contributed by atoms with E-state index in [2.05, 4.69) is 85.6 Å². The Morgan fingerprint density at radius 3 is 1.91 bits per heavy atom. The molecule has 0 atom stereocenters. The Bertz CT molecular complexity index is 912. The molecule has 1 heteroatoms. The molecule has 1 aromatic heterocycles. The van der Waals surface area contributed by atoms with Gasteiger partial charge in [-0.3, -0.25) is 0 Å². The number of H-pyrrole nitrogens is 1. The first-order valence-corrected chi connectivity index (χ1v) is 7.96. The molecule has 23 heavy (non-hydrogen) atoms. The molecule has 0 aliphatic heterocycles. The van der Waals surface area contributed by atoms with Crippen LogP contribution in [0.3, 0.4) is 0 Å². The van der Waals surface area contributed by atoms with Crippen LogP contribution < -0.4 is 0 Å². The third-order valence-corrected chi connectivity index (χ3v) is 4.38. The smallest absolute Gasteiger partial charge is 0.0539 e. The third kappa shape index (κ3) is 2.44. The zero-order valence-corrected chi connectivity index (χ0v) is 13.4. The third-order valence-electron chi connectivity index (χ3n) is 4.38. The molecule has 0 spiro atoms. The van der Waals surface area contributed by atoms with E-state index in [4.69, 9.17) is 0 Å². The van der Waals surface area contributed by atoms with E-state index in [9.17, 15) is 0 Å². The van der Waals surface area contributed by atoms with Crippen LogP contribution in [-0.2, 0) is 0 Å². The molecule has 4 aromatic rings. The Morgan fingerprint density at radius 1 is 0.652 bits per heavy atom. The lowest BCUT2D eigenvalue weighted by Crippen LogP contribution is -1.86. The molecule has 112 valence electrons. The average Bonchev–Trinajstić information content (AvgIpc) is 3.03. The van der Waals surface area contributed by atoms with Crippen molar-refractivity contribution in [2.45, 2.75) is 13.8 Å². The number of aromatic amines is 1. The van der Waals surface area contributed by atoms with E-state index in [1.165, 1.54) is 44.3 Å². The van der Waals surface area contributed by atoms with E-state index < -0.39 is 0 Å². The first-order valence-electron chi connectivity index (χ1n) is 7.96. The monoisotopic (exact) mass is 297 g/mol. The summed E-state index contributed by atoms with van der Waals surface area (Å²) in [4.78, 5) is 3.43. The molecule has 0 unspecified atom stereocenters. The largest absolute Gasteiger partial charge is 0.361 e. The van der Waals surface area contributed by atoms with Crippen molar-refractivity contribution in [3.05, 3.63) is 84.1 Å². The lowest BCUT2D eigenvalue weighted by molar-refractivity contribution is 1.45. The van der Waals surface area contributed by atoms with Crippen molar-refractivity contribution < 1.29 is 0 Å². The summed E-state index contributed by atoms with van der Waals surface area (Å²) < 4.78 is 0. The van der Waals surface area contributed by atoms with Gasteiger partial charge in [0.05, 0.1) is 5.52 Å². The molecule has 0 aliphatic carbocycles. The van der Waals surface area contributed by atoms with Crippen molar-refractivity contribution in [3.63, 3.8) is 0 Å². The number of nitrogens with one attached hydrogen (secondary N) is 1. The van der Waals surface area contributed by atoms with Gasteiger partial charge in [0.1, 0.15) is 0 Å². The summed E-state index contributed by atoms with van der Waals surface area (Å²) in [7, 11) is 0. The van der Waals surface area contributed by atoms with Gasteiger partial charge in [0.25, 0.3) is 0 Å². The SMILES string of the molecule is Cc1cccc(-c2ccc(-c3cccc(C)c3)c3[nH]ccc23)c1. The van der Waals surface area contributed by atoms with Crippen LogP contribution in [0.4, 0.5) is 0 Å². The second kappa shape index (κ2) is 5.44. The van der Waals surface area contributed by atoms with Gasteiger partial charge in [-0.05, 0) is 36.6 Å². The predicted octanol–water partition coefficient (Wildman–Crippen LogP) is 6.12. The topological polar surface area (TPSA) is 15.8 Å². The summed E-state index contributed by atoms with van der Waals surface area (Å²) in [5.41, 5.74) is 8.83. The van der Waals surface area contributed by atoms with Crippen molar-refractivity contribution >= 4 is 10.9 Å². The Labute approximate surface area is 136 Å². The van der Waals surface area contributed by atoms with Crippen LogP contribution in [-0.4, -0.2) is 4.98 Å². The predicted molar refractivity (Wildman–Crippen MR) is 98.6 cm³/mol. The summed E-state index contributed by atoms with van der Waals surface area (Å²) in [5, 5.41) is 1.27. The summed E-state index contributed by atoms with van der Waals surface area (Å²) in [6, 6.07) is 24.0. The van der Waals surface area contributed by atoms with E-state index >= 15 is 0 Å². The van der Waals surface area contributed by atoms with E-state index in [1.807, 2.05) is 6.20 Å². The molecule has 1 heterocycles. The van der Waals surface area contributed by atoms with Crippen LogP contribution in [0.5, 0.6) is 0 Å². The highest BCUT2D eigenvalue weighted by Crippen LogP contribution is 2.35. The minimum absolute atomic E-state index is 1.20. The van der Waals surface area contributed by atoms with Crippen molar-refractivity contribution in [1.82, 2.24) is 4.98 Å². The Kier molecular flexibility index (Phi) is 3.27. The van der Waals surface area contributed by atoms with Gasteiger partial charge in [-0.25, -0.2) is 0 Å². The van der Waals surface area contributed by atoms with Crippen LogP contribution in [0, 0.1) is 13.8 Å². The number of aromatic nitrogens is 1. The summed E-state index contributed by atoms with van der Waals surface area (Å²) >= 11 is 0. The van der Waals surface area contributed by atoms with Crippen molar-refractivity contribution in [2.75, 3.05) is 0 Å². The van der Waals surface area contributed by atoms with Gasteiger partial charge in [-0.1, -0.05) is 71.8 Å². The number of hydrogen-bond donors (Lipinski definition) is 1. The quantitative estimate of drug-likeness (QED) is 0.459. The number of fused-ring (bicyclic) bond motifs is 1. The minimum atomic E-state index is 1.20. The maximum absolute atomic E-state index is 3.43. The van der Waals surface area contributed by atoms with Gasteiger partial charge in [-0.2, -0.15) is 0 Å². The van der Waals surface area contributed by atoms with Crippen LogP contribution >= 0.6 is 0 Å². The van der Waals surface area contributed by atoms with Gasteiger partial charge >= 0.3 is 0 Å². The minimum Gasteiger partial charge on any atom is -0.361 e. The van der Waals surface area contributed by atoms with Crippen molar-refractivity contribution in [2.24, 2.45) is 0 Å². The van der Waals surface area contributed by atoms with Gasteiger partial charge < -0.3 is 4.98 Å². The number of benzene rings is 3. The van der Waals surface area contributed by atoms with Gasteiger partial charge in [-0.15, -0.1) is 0 Å². The Morgan fingerprint density at radius 2 is 1.26 bits per heavy atom. The molecule has 0 fully saturated rings. The van der Waals surface area contributed by atoms with E-state index in [1.54, 1.807) is 0 Å². The fraction of sp³-hybridized carbons (Fsp3) is 0.0909. The summed E-state index contributed by atoms with van der Waals surface area (Å²) in [5.74, 6) is 0. The average molecular weight is 297 g/mol. The molecule has 1 nitrogen and oxygen atoms in total. The van der Waals surface area contributed by atoms with Gasteiger partial charge in [0.15, 0.2) is 0 Å². The molecule has 1 N–H and O–H groups in total. The van der Waals surface area contributed by atoms with Gasteiger partial charge in [0.2, 0.25) is 0 Å². The molecule has 0 saturated heterocycles. The fourth-order valence-electron chi connectivity index (χ4n) is 3.27. The highest BCUT2D eigenvalue weighted by atomic mass is 14.7.